The van der Waals surface area contributed by atoms with Crippen molar-refractivity contribution in [3.05, 3.63) is 54.1 Å². The monoisotopic (exact) mass is 432 g/mol. The molecule has 1 N–H and O–H groups in total. The number of nitrogens with zero attached hydrogens (tertiary/aromatic N) is 1. The van der Waals surface area contributed by atoms with Gasteiger partial charge in [-0.1, -0.05) is 24.3 Å². The van der Waals surface area contributed by atoms with Crippen LogP contribution in [0.2, 0.25) is 0 Å². The normalized spacial score (nSPS) is 19.1. The lowest BCUT2D eigenvalue weighted by Crippen LogP contribution is -2.47. The number of carbonyl (C=O) groups excluding carboxylic acids is 1. The van der Waals surface area contributed by atoms with Crippen LogP contribution >= 0.6 is 0 Å². The smallest absolute Gasteiger partial charge is 0.253 e. The molecule has 0 bridgehead atoms. The summed E-state index contributed by atoms with van der Waals surface area (Å²) in [6, 6.07) is 14.6. The highest BCUT2D eigenvalue weighted by Gasteiger charge is 2.34. The number of ether oxygens (including phenoxy) is 2. The van der Waals surface area contributed by atoms with Crippen molar-refractivity contribution in [2.24, 2.45) is 0 Å². The molecule has 1 fully saturated rings. The minimum atomic E-state index is -3.40. The number of benzene rings is 2. The van der Waals surface area contributed by atoms with Gasteiger partial charge < -0.3 is 14.4 Å². The van der Waals surface area contributed by atoms with Crippen molar-refractivity contribution < 1.29 is 22.7 Å². The fraction of sp³-hybridized carbons (Fsp3) is 0.409. The first-order chi connectivity index (χ1) is 14.2. The lowest BCUT2D eigenvalue weighted by atomic mass is 10.0. The molecule has 7 nitrogen and oxygen atoms in total. The first kappa shape index (κ1) is 22.3. The predicted molar refractivity (Wildman–Crippen MR) is 116 cm³/mol. The van der Waals surface area contributed by atoms with E-state index in [1.165, 1.54) is 0 Å². The van der Waals surface area contributed by atoms with Crippen molar-refractivity contribution in [1.82, 2.24) is 9.62 Å². The van der Waals surface area contributed by atoms with Crippen LogP contribution in [0.15, 0.2) is 48.5 Å². The first-order valence-corrected chi connectivity index (χ1v) is 11.4. The molecule has 1 amide bonds. The largest absolute Gasteiger partial charge is 0.486 e. The summed E-state index contributed by atoms with van der Waals surface area (Å²) in [5, 5.41) is -0.516. The first-order valence-electron chi connectivity index (χ1n) is 9.85. The molecule has 2 aromatic rings. The van der Waals surface area contributed by atoms with Crippen LogP contribution in [0.25, 0.3) is 11.1 Å². The highest BCUT2D eigenvalue weighted by molar-refractivity contribution is 7.90. The maximum absolute atomic E-state index is 12.1. The summed E-state index contributed by atoms with van der Waals surface area (Å²) in [7, 11) is 0.0480. The van der Waals surface area contributed by atoms with E-state index in [-0.39, 0.29) is 18.6 Å². The Bertz CT molecular complexity index is 970. The second-order valence-electron chi connectivity index (χ2n) is 7.81. The standard InChI is InChI=1S/C22H28N2O5S/c1-15(2)30(26,27)23-20-13-28-14-21(20)29-19-11-9-17(10-12-19)16-5-7-18(8-6-16)22(25)24(3)4/h5-12,15,20-21,23H,13-14H2,1-4H3. The molecule has 0 radical (unpaired) electrons. The van der Waals surface area contributed by atoms with Gasteiger partial charge in [-0.2, -0.15) is 0 Å². The third-order valence-electron chi connectivity index (χ3n) is 4.98. The molecule has 1 heterocycles. The topological polar surface area (TPSA) is 84.9 Å². The maximum Gasteiger partial charge on any atom is 0.253 e. The molecular weight excluding hydrogens is 404 g/mol. The summed E-state index contributed by atoms with van der Waals surface area (Å²) in [6.07, 6.45) is -0.388. The Hall–Kier alpha value is -2.42. The van der Waals surface area contributed by atoms with E-state index in [9.17, 15) is 13.2 Å². The summed E-state index contributed by atoms with van der Waals surface area (Å²) in [4.78, 5) is 13.6. The van der Waals surface area contributed by atoms with Gasteiger partial charge in [-0.3, -0.25) is 4.79 Å². The van der Waals surface area contributed by atoms with Gasteiger partial charge in [0.15, 0.2) is 0 Å². The summed E-state index contributed by atoms with van der Waals surface area (Å²) in [5.74, 6) is 0.606. The fourth-order valence-corrected chi connectivity index (χ4v) is 3.99. The van der Waals surface area contributed by atoms with Gasteiger partial charge in [0.25, 0.3) is 5.91 Å². The molecule has 0 spiro atoms. The molecule has 0 aliphatic carbocycles. The minimum absolute atomic E-state index is 0.0354. The molecule has 0 aromatic heterocycles. The Morgan fingerprint density at radius 2 is 1.60 bits per heavy atom. The van der Waals surface area contributed by atoms with E-state index in [0.29, 0.717) is 17.9 Å². The third-order valence-corrected chi connectivity index (χ3v) is 6.85. The zero-order valence-corrected chi connectivity index (χ0v) is 18.5. The van der Waals surface area contributed by atoms with Gasteiger partial charge in [0.2, 0.25) is 10.0 Å². The van der Waals surface area contributed by atoms with Gasteiger partial charge in [-0.05, 0) is 49.2 Å². The van der Waals surface area contributed by atoms with Crippen molar-refractivity contribution in [1.29, 1.82) is 0 Å². The Balaban J connectivity index is 1.66. The highest BCUT2D eigenvalue weighted by Crippen LogP contribution is 2.25. The Labute approximate surface area is 178 Å². The molecule has 162 valence electrons. The molecule has 8 heteroatoms. The van der Waals surface area contributed by atoms with Crippen molar-refractivity contribution in [3.63, 3.8) is 0 Å². The zero-order chi connectivity index (χ0) is 21.9. The minimum Gasteiger partial charge on any atom is -0.486 e. The quantitative estimate of drug-likeness (QED) is 0.727. The van der Waals surface area contributed by atoms with Crippen LogP contribution in [0, 0.1) is 0 Å². The van der Waals surface area contributed by atoms with Gasteiger partial charge in [-0.15, -0.1) is 0 Å². The SMILES string of the molecule is CC(C)S(=O)(=O)NC1COCC1Oc1ccc(-c2ccc(C(=O)N(C)C)cc2)cc1. The van der Waals surface area contributed by atoms with Crippen molar-refractivity contribution in [3.8, 4) is 16.9 Å². The Morgan fingerprint density at radius 1 is 1.03 bits per heavy atom. The van der Waals surface area contributed by atoms with Crippen molar-refractivity contribution in [2.45, 2.75) is 31.2 Å². The summed E-state index contributed by atoms with van der Waals surface area (Å²) in [6.45, 7) is 3.88. The Morgan fingerprint density at radius 3 is 2.13 bits per heavy atom. The van der Waals surface area contributed by atoms with E-state index in [0.717, 1.165) is 11.1 Å². The molecule has 2 unspecified atom stereocenters. The van der Waals surface area contributed by atoms with Gasteiger partial charge in [0.05, 0.1) is 24.5 Å². The van der Waals surface area contributed by atoms with Gasteiger partial charge >= 0.3 is 0 Å². The molecular formula is C22H28N2O5S. The van der Waals surface area contributed by atoms with E-state index >= 15 is 0 Å². The summed E-state index contributed by atoms with van der Waals surface area (Å²) in [5.41, 5.74) is 2.62. The number of hydrogen-bond acceptors (Lipinski definition) is 5. The molecule has 2 aromatic carbocycles. The van der Waals surface area contributed by atoms with Crippen molar-refractivity contribution >= 4 is 15.9 Å². The second kappa shape index (κ2) is 9.16. The molecule has 1 aliphatic rings. The maximum atomic E-state index is 12.1. The highest BCUT2D eigenvalue weighted by atomic mass is 32.2. The number of amides is 1. The third kappa shape index (κ3) is 5.19. The number of sulfonamides is 1. The second-order valence-corrected chi connectivity index (χ2v) is 10.1. The summed E-state index contributed by atoms with van der Waals surface area (Å²) < 4.78 is 38.4. The van der Waals surface area contributed by atoms with Crippen LogP contribution in [0.4, 0.5) is 0 Å². The van der Waals surface area contributed by atoms with Crippen LogP contribution in [-0.2, 0) is 14.8 Å². The molecule has 30 heavy (non-hydrogen) atoms. The predicted octanol–water partition coefficient (Wildman–Crippen LogP) is 2.53. The van der Waals surface area contributed by atoms with Crippen LogP contribution in [0.5, 0.6) is 5.75 Å². The molecule has 3 rings (SSSR count). The fourth-order valence-electron chi connectivity index (χ4n) is 3.07. The van der Waals surface area contributed by atoms with E-state index in [1.807, 2.05) is 48.5 Å². The van der Waals surface area contributed by atoms with Crippen LogP contribution < -0.4 is 9.46 Å². The average molecular weight is 433 g/mol. The Kier molecular flexibility index (Phi) is 6.80. The van der Waals surface area contributed by atoms with E-state index < -0.39 is 21.3 Å². The molecule has 2 atom stereocenters. The molecule has 1 aliphatic heterocycles. The molecule has 0 saturated carbocycles. The average Bonchev–Trinajstić information content (AvgIpc) is 3.14. The lowest BCUT2D eigenvalue weighted by molar-refractivity contribution is 0.0827. The molecule has 1 saturated heterocycles. The lowest BCUT2D eigenvalue weighted by Gasteiger charge is -2.21. The van der Waals surface area contributed by atoms with E-state index in [4.69, 9.17) is 9.47 Å². The van der Waals surface area contributed by atoms with Gasteiger partial charge in [0.1, 0.15) is 11.9 Å². The van der Waals surface area contributed by atoms with Crippen LogP contribution in [0.3, 0.4) is 0 Å². The van der Waals surface area contributed by atoms with E-state index in [2.05, 4.69) is 4.72 Å². The number of nitrogens with one attached hydrogen (secondary N) is 1. The van der Waals surface area contributed by atoms with Crippen LogP contribution in [0.1, 0.15) is 24.2 Å². The van der Waals surface area contributed by atoms with Gasteiger partial charge in [-0.25, -0.2) is 13.1 Å². The summed E-state index contributed by atoms with van der Waals surface area (Å²) >= 11 is 0. The van der Waals surface area contributed by atoms with E-state index in [1.54, 1.807) is 32.8 Å². The zero-order valence-electron chi connectivity index (χ0n) is 17.7. The number of carbonyl (C=O) groups is 1. The number of hydrogen-bond donors (Lipinski definition) is 1. The number of rotatable bonds is 7. The van der Waals surface area contributed by atoms with Crippen LogP contribution in [-0.4, -0.2) is 63.9 Å². The van der Waals surface area contributed by atoms with Gasteiger partial charge in [0, 0.05) is 19.7 Å². The van der Waals surface area contributed by atoms with Crippen molar-refractivity contribution in [2.75, 3.05) is 27.3 Å².